The zero-order valence-corrected chi connectivity index (χ0v) is 13.6. The summed E-state index contributed by atoms with van der Waals surface area (Å²) in [5.41, 5.74) is 2.28. The smallest absolute Gasteiger partial charge is 0.265 e. The molecule has 0 saturated carbocycles. The molecule has 0 aliphatic carbocycles. The van der Waals surface area contributed by atoms with Gasteiger partial charge in [-0.3, -0.25) is 4.79 Å². The van der Waals surface area contributed by atoms with Crippen LogP contribution in [0.1, 0.15) is 18.9 Å². The van der Waals surface area contributed by atoms with Gasteiger partial charge in [-0.2, -0.15) is 0 Å². The summed E-state index contributed by atoms with van der Waals surface area (Å²) in [7, 11) is 1.70. The van der Waals surface area contributed by atoms with Crippen molar-refractivity contribution in [3.05, 3.63) is 55.5 Å². The summed E-state index contributed by atoms with van der Waals surface area (Å²) in [5, 5.41) is 0.305. The number of aryl methyl sites for hydroxylation is 1. The fraction of sp³-hybridized carbons (Fsp3) is 0.267. The van der Waals surface area contributed by atoms with Gasteiger partial charge in [-0.15, -0.1) is 0 Å². The van der Waals surface area contributed by atoms with Crippen LogP contribution in [0.25, 0.3) is 11.3 Å². The minimum absolute atomic E-state index is 0.139. The minimum Gasteiger partial charge on any atom is -0.310 e. The van der Waals surface area contributed by atoms with Crippen molar-refractivity contribution < 1.29 is 4.39 Å². The fourth-order valence-corrected chi connectivity index (χ4v) is 3.05. The first-order chi connectivity index (χ1) is 9.45. The molecule has 0 bridgehead atoms. The molecule has 0 spiro atoms. The van der Waals surface area contributed by atoms with Crippen molar-refractivity contribution in [1.29, 1.82) is 0 Å². The summed E-state index contributed by atoms with van der Waals surface area (Å²) >= 11 is 9.41. The highest BCUT2D eigenvalue weighted by Gasteiger charge is 2.15. The molecule has 0 radical (unpaired) electrons. The maximum Gasteiger partial charge on any atom is 0.265 e. The Labute approximate surface area is 130 Å². The predicted molar refractivity (Wildman–Crippen MR) is 83.8 cm³/mol. The predicted octanol–water partition coefficient (Wildman–Crippen LogP) is 4.56. The fourth-order valence-electron chi connectivity index (χ4n) is 2.26. The van der Waals surface area contributed by atoms with Crippen LogP contribution in [0, 0.1) is 5.82 Å². The van der Waals surface area contributed by atoms with Gasteiger partial charge in [-0.05, 0) is 52.2 Å². The second-order valence-corrected chi connectivity index (χ2v) is 5.87. The van der Waals surface area contributed by atoms with E-state index in [-0.39, 0.29) is 5.56 Å². The molecule has 106 valence electrons. The molecule has 0 N–H and O–H groups in total. The molecule has 1 heterocycles. The average Bonchev–Trinajstić information content (AvgIpc) is 2.39. The van der Waals surface area contributed by atoms with Gasteiger partial charge in [0.2, 0.25) is 0 Å². The van der Waals surface area contributed by atoms with Crippen molar-refractivity contribution >= 4 is 27.5 Å². The lowest BCUT2D eigenvalue weighted by Gasteiger charge is -2.16. The number of benzene rings is 1. The van der Waals surface area contributed by atoms with E-state index in [2.05, 4.69) is 22.9 Å². The van der Waals surface area contributed by atoms with Crippen LogP contribution in [0.2, 0.25) is 5.02 Å². The maximum atomic E-state index is 13.2. The molecule has 2 rings (SSSR count). The largest absolute Gasteiger partial charge is 0.310 e. The first kappa shape index (κ1) is 15.3. The van der Waals surface area contributed by atoms with Gasteiger partial charge in [0.15, 0.2) is 0 Å². The van der Waals surface area contributed by atoms with E-state index in [9.17, 15) is 9.18 Å². The highest BCUT2D eigenvalue weighted by Crippen LogP contribution is 2.31. The topological polar surface area (TPSA) is 22.0 Å². The van der Waals surface area contributed by atoms with Crippen LogP contribution >= 0.6 is 27.5 Å². The van der Waals surface area contributed by atoms with Crippen molar-refractivity contribution in [3.63, 3.8) is 0 Å². The molecule has 2 nitrogen and oxygen atoms in total. The molecular formula is C15H14BrClFNO. The van der Waals surface area contributed by atoms with E-state index in [1.165, 1.54) is 12.1 Å². The van der Waals surface area contributed by atoms with Gasteiger partial charge in [-0.1, -0.05) is 24.9 Å². The first-order valence-electron chi connectivity index (χ1n) is 6.29. The van der Waals surface area contributed by atoms with Gasteiger partial charge in [0.1, 0.15) is 5.82 Å². The standard InChI is InChI=1S/C15H14BrClFNO/c1-3-4-9-7-12(16)15(20)19(2)14(9)11-6-5-10(18)8-13(11)17/h5-8H,3-4H2,1-2H3. The van der Waals surface area contributed by atoms with E-state index in [0.717, 1.165) is 24.1 Å². The Balaban J connectivity index is 2.77. The summed E-state index contributed by atoms with van der Waals surface area (Å²) in [4.78, 5) is 12.1. The molecule has 0 aliphatic rings. The molecule has 20 heavy (non-hydrogen) atoms. The summed E-state index contributed by atoms with van der Waals surface area (Å²) in [6.45, 7) is 2.06. The van der Waals surface area contributed by atoms with E-state index in [1.807, 2.05) is 6.07 Å². The van der Waals surface area contributed by atoms with Gasteiger partial charge in [0.05, 0.1) is 15.2 Å². The molecule has 0 atom stereocenters. The monoisotopic (exact) mass is 357 g/mol. The molecule has 2 aromatic rings. The first-order valence-corrected chi connectivity index (χ1v) is 7.46. The Kier molecular flexibility index (Phi) is 4.66. The van der Waals surface area contributed by atoms with Crippen molar-refractivity contribution in [2.45, 2.75) is 19.8 Å². The van der Waals surface area contributed by atoms with Crippen LogP contribution in [0.5, 0.6) is 0 Å². The number of aromatic nitrogens is 1. The third kappa shape index (κ3) is 2.81. The van der Waals surface area contributed by atoms with Gasteiger partial charge in [-0.25, -0.2) is 4.39 Å². The minimum atomic E-state index is -0.391. The van der Waals surface area contributed by atoms with Crippen LogP contribution < -0.4 is 5.56 Å². The van der Waals surface area contributed by atoms with E-state index >= 15 is 0 Å². The number of halogens is 3. The summed E-state index contributed by atoms with van der Waals surface area (Å²) < 4.78 is 15.3. The van der Waals surface area contributed by atoms with Crippen molar-refractivity contribution in [1.82, 2.24) is 4.57 Å². The zero-order chi connectivity index (χ0) is 14.9. The van der Waals surface area contributed by atoms with Crippen LogP contribution in [-0.2, 0) is 13.5 Å². The maximum absolute atomic E-state index is 13.2. The van der Waals surface area contributed by atoms with Crippen molar-refractivity contribution in [2.24, 2.45) is 7.05 Å². The molecular weight excluding hydrogens is 345 g/mol. The van der Waals surface area contributed by atoms with Crippen LogP contribution in [0.15, 0.2) is 33.5 Å². The average molecular weight is 359 g/mol. The molecule has 1 aromatic heterocycles. The Bertz CT molecular complexity index is 712. The number of hydrogen-bond acceptors (Lipinski definition) is 1. The lowest BCUT2D eigenvalue weighted by atomic mass is 10.0. The quantitative estimate of drug-likeness (QED) is 0.788. The highest BCUT2D eigenvalue weighted by atomic mass is 79.9. The molecule has 0 amide bonds. The van der Waals surface area contributed by atoms with Gasteiger partial charge in [0.25, 0.3) is 5.56 Å². The molecule has 5 heteroatoms. The number of rotatable bonds is 3. The van der Waals surface area contributed by atoms with Gasteiger partial charge in [0, 0.05) is 12.6 Å². The molecule has 1 aromatic carbocycles. The number of pyridine rings is 1. The lowest BCUT2D eigenvalue weighted by Crippen LogP contribution is -2.21. The third-order valence-corrected chi connectivity index (χ3v) is 4.04. The Morgan fingerprint density at radius 3 is 2.65 bits per heavy atom. The van der Waals surface area contributed by atoms with Crippen LogP contribution in [0.3, 0.4) is 0 Å². The Morgan fingerprint density at radius 1 is 1.35 bits per heavy atom. The second kappa shape index (κ2) is 6.10. The van der Waals surface area contributed by atoms with Gasteiger partial charge >= 0.3 is 0 Å². The second-order valence-electron chi connectivity index (χ2n) is 4.60. The SMILES string of the molecule is CCCc1cc(Br)c(=O)n(C)c1-c1ccc(F)cc1Cl. The highest BCUT2D eigenvalue weighted by molar-refractivity contribution is 9.10. The summed E-state index contributed by atoms with van der Waals surface area (Å²) in [6.07, 6.45) is 1.76. The van der Waals surface area contributed by atoms with Crippen LogP contribution in [0.4, 0.5) is 4.39 Å². The van der Waals surface area contributed by atoms with E-state index in [0.29, 0.717) is 15.1 Å². The number of nitrogens with zero attached hydrogens (tertiary/aromatic N) is 1. The van der Waals surface area contributed by atoms with Crippen molar-refractivity contribution in [2.75, 3.05) is 0 Å². The zero-order valence-electron chi connectivity index (χ0n) is 11.2. The van der Waals surface area contributed by atoms with E-state index in [1.54, 1.807) is 17.7 Å². The van der Waals surface area contributed by atoms with Gasteiger partial charge < -0.3 is 4.57 Å². The molecule has 0 saturated heterocycles. The summed E-state index contributed by atoms with van der Waals surface area (Å²) in [5.74, 6) is -0.391. The summed E-state index contributed by atoms with van der Waals surface area (Å²) in [6, 6.07) is 6.04. The van der Waals surface area contributed by atoms with Crippen LogP contribution in [-0.4, -0.2) is 4.57 Å². The molecule has 0 aliphatic heterocycles. The molecule has 0 fully saturated rings. The Morgan fingerprint density at radius 2 is 2.05 bits per heavy atom. The van der Waals surface area contributed by atoms with Crippen molar-refractivity contribution in [3.8, 4) is 11.3 Å². The lowest BCUT2D eigenvalue weighted by molar-refractivity contribution is 0.628. The third-order valence-electron chi connectivity index (χ3n) is 3.16. The Hall–Kier alpha value is -1.13. The normalized spacial score (nSPS) is 10.8. The van der Waals surface area contributed by atoms with E-state index < -0.39 is 5.82 Å². The molecule has 0 unspecified atom stereocenters. The number of hydrogen-bond donors (Lipinski definition) is 0. The van der Waals surface area contributed by atoms with E-state index in [4.69, 9.17) is 11.6 Å².